The van der Waals surface area contributed by atoms with Crippen LogP contribution in [0, 0.1) is 0 Å². The highest BCUT2D eigenvalue weighted by Crippen LogP contribution is 2.28. The Morgan fingerprint density at radius 3 is 2.03 bits per heavy atom. The van der Waals surface area contributed by atoms with Crippen LogP contribution in [0.3, 0.4) is 0 Å². The molecule has 0 aromatic rings. The number of carboxylic acids is 1. The van der Waals surface area contributed by atoms with Gasteiger partial charge in [-0.3, -0.25) is 24.0 Å². The topological polar surface area (TPSA) is 172 Å². The van der Waals surface area contributed by atoms with Gasteiger partial charge in [0.15, 0.2) is 24.6 Å². The van der Waals surface area contributed by atoms with Gasteiger partial charge in [0.2, 0.25) is 0 Å². The number of esters is 4. The van der Waals surface area contributed by atoms with Crippen molar-refractivity contribution in [2.45, 2.75) is 57.9 Å². The van der Waals surface area contributed by atoms with Gasteiger partial charge in [0.05, 0.1) is 12.2 Å². The van der Waals surface area contributed by atoms with Crippen molar-refractivity contribution in [3.63, 3.8) is 0 Å². The maximum atomic E-state index is 12.2. The van der Waals surface area contributed by atoms with E-state index in [0.29, 0.717) is 0 Å². The Labute approximate surface area is 176 Å². The predicted octanol–water partition coefficient (Wildman–Crippen LogP) is -0.750. The van der Waals surface area contributed by atoms with Crippen molar-refractivity contribution in [2.75, 3.05) is 18.1 Å². The fourth-order valence-corrected chi connectivity index (χ4v) is 3.21. The van der Waals surface area contributed by atoms with Crippen molar-refractivity contribution < 1.29 is 57.9 Å². The second-order valence-corrected chi connectivity index (χ2v) is 7.27. The molecule has 0 spiro atoms. The van der Waals surface area contributed by atoms with Crippen molar-refractivity contribution in [1.29, 1.82) is 0 Å². The number of carbonyl (C=O) groups is 5. The molecule has 170 valence electrons. The lowest BCUT2D eigenvalue weighted by Crippen LogP contribution is -2.62. The van der Waals surface area contributed by atoms with Gasteiger partial charge in [0, 0.05) is 26.5 Å². The number of thioether (sulfide) groups is 1. The molecule has 1 unspecified atom stereocenters. The fraction of sp³-hybridized carbons (Fsp3) is 0.706. The number of hydrogen-bond donors (Lipinski definition) is 2. The standard InChI is InChI=1S/C17H24O12S/c1-8(18)25-6-11-14(26-9(2)19)15(16(17(24)28-11)27-10(3)20)29-13(23)7-30-5-4-12(21)22/h11,14-17,24H,4-7H2,1-3H3,(H,21,22)/t11-,14-,15+,16-,17?/m1/s1. The van der Waals surface area contributed by atoms with Crippen LogP contribution < -0.4 is 0 Å². The maximum Gasteiger partial charge on any atom is 0.316 e. The third-order valence-electron chi connectivity index (χ3n) is 3.61. The number of rotatable bonds is 10. The second-order valence-electron chi connectivity index (χ2n) is 6.17. The van der Waals surface area contributed by atoms with Crippen LogP contribution in [0.4, 0.5) is 0 Å². The van der Waals surface area contributed by atoms with Crippen molar-refractivity contribution in [3.05, 3.63) is 0 Å². The Balaban J connectivity index is 3.01. The van der Waals surface area contributed by atoms with E-state index in [-0.39, 0.29) is 17.9 Å². The number of aliphatic carboxylic acids is 1. The van der Waals surface area contributed by atoms with Crippen molar-refractivity contribution in [1.82, 2.24) is 0 Å². The van der Waals surface area contributed by atoms with Crippen molar-refractivity contribution >= 4 is 41.6 Å². The number of ether oxygens (including phenoxy) is 5. The minimum absolute atomic E-state index is 0.149. The van der Waals surface area contributed by atoms with E-state index in [0.717, 1.165) is 32.5 Å². The van der Waals surface area contributed by atoms with Gasteiger partial charge in [-0.2, -0.15) is 0 Å². The summed E-state index contributed by atoms with van der Waals surface area (Å²) in [7, 11) is 0. The van der Waals surface area contributed by atoms with E-state index >= 15 is 0 Å². The zero-order valence-corrected chi connectivity index (χ0v) is 17.4. The molecule has 1 fully saturated rings. The molecule has 0 aliphatic carbocycles. The molecular weight excluding hydrogens is 428 g/mol. The largest absolute Gasteiger partial charge is 0.481 e. The first-order valence-corrected chi connectivity index (χ1v) is 9.97. The van der Waals surface area contributed by atoms with E-state index in [1.807, 2.05) is 0 Å². The highest BCUT2D eigenvalue weighted by Gasteiger charge is 2.51. The molecule has 13 heteroatoms. The Hall–Kier alpha value is -2.38. The third kappa shape index (κ3) is 8.97. The first-order chi connectivity index (χ1) is 14.0. The van der Waals surface area contributed by atoms with Gasteiger partial charge in [0.1, 0.15) is 12.7 Å². The Bertz CT molecular complexity index is 651. The summed E-state index contributed by atoms with van der Waals surface area (Å²) in [6, 6.07) is 0. The summed E-state index contributed by atoms with van der Waals surface area (Å²) in [5.41, 5.74) is 0. The van der Waals surface area contributed by atoms with Crippen LogP contribution in [0.25, 0.3) is 0 Å². The van der Waals surface area contributed by atoms with E-state index < -0.39 is 67.2 Å². The minimum Gasteiger partial charge on any atom is -0.481 e. The molecule has 0 aromatic carbocycles. The molecule has 1 rings (SSSR count). The SMILES string of the molecule is CC(=O)OC[C@H]1OC(O)[C@H](OC(C)=O)[C@@H](OC(=O)CSCCC(=O)O)[C@@H]1OC(C)=O. The van der Waals surface area contributed by atoms with Crippen LogP contribution in [-0.2, 0) is 47.7 Å². The zero-order chi connectivity index (χ0) is 22.8. The van der Waals surface area contributed by atoms with Crippen molar-refractivity contribution in [3.8, 4) is 0 Å². The second kappa shape index (κ2) is 12.3. The molecule has 1 heterocycles. The third-order valence-corrected chi connectivity index (χ3v) is 4.54. The molecule has 0 bridgehead atoms. The first kappa shape index (κ1) is 25.7. The number of aliphatic hydroxyl groups is 1. The normalized spacial score (nSPS) is 25.7. The monoisotopic (exact) mass is 452 g/mol. The average molecular weight is 452 g/mol. The summed E-state index contributed by atoms with van der Waals surface area (Å²) >= 11 is 0.990. The van der Waals surface area contributed by atoms with E-state index in [1.165, 1.54) is 0 Å². The molecule has 0 aromatic heterocycles. The average Bonchev–Trinajstić information content (AvgIpc) is 2.61. The molecule has 2 N–H and O–H groups in total. The molecule has 0 amide bonds. The van der Waals surface area contributed by atoms with Crippen LogP contribution in [-0.4, -0.2) is 88.9 Å². The molecular formula is C17H24O12S. The van der Waals surface area contributed by atoms with Gasteiger partial charge in [-0.05, 0) is 0 Å². The van der Waals surface area contributed by atoms with E-state index in [2.05, 4.69) is 0 Å². The van der Waals surface area contributed by atoms with E-state index in [4.69, 9.17) is 28.8 Å². The lowest BCUT2D eigenvalue weighted by atomic mass is 9.98. The highest BCUT2D eigenvalue weighted by molar-refractivity contribution is 7.99. The van der Waals surface area contributed by atoms with Gasteiger partial charge in [-0.1, -0.05) is 0 Å². The van der Waals surface area contributed by atoms with Gasteiger partial charge < -0.3 is 33.9 Å². The van der Waals surface area contributed by atoms with Gasteiger partial charge in [-0.25, -0.2) is 0 Å². The lowest BCUT2D eigenvalue weighted by Gasteiger charge is -2.42. The van der Waals surface area contributed by atoms with Crippen LogP contribution in [0.15, 0.2) is 0 Å². The highest BCUT2D eigenvalue weighted by atomic mass is 32.2. The molecule has 30 heavy (non-hydrogen) atoms. The minimum atomic E-state index is -1.77. The van der Waals surface area contributed by atoms with Crippen molar-refractivity contribution in [2.24, 2.45) is 0 Å². The Kier molecular flexibility index (Phi) is 10.6. The Morgan fingerprint density at radius 2 is 1.50 bits per heavy atom. The summed E-state index contributed by atoms with van der Waals surface area (Å²) in [4.78, 5) is 56.8. The summed E-state index contributed by atoms with van der Waals surface area (Å²) < 4.78 is 25.5. The number of carbonyl (C=O) groups excluding carboxylic acids is 4. The molecule has 12 nitrogen and oxygen atoms in total. The van der Waals surface area contributed by atoms with Gasteiger partial charge in [-0.15, -0.1) is 11.8 Å². The summed E-state index contributed by atoms with van der Waals surface area (Å²) in [6.07, 6.45) is -7.48. The summed E-state index contributed by atoms with van der Waals surface area (Å²) in [5.74, 6) is -4.22. The van der Waals surface area contributed by atoms with Gasteiger partial charge in [0.25, 0.3) is 0 Å². The quantitative estimate of drug-likeness (QED) is 0.241. The van der Waals surface area contributed by atoms with E-state index in [9.17, 15) is 29.1 Å². The van der Waals surface area contributed by atoms with Crippen LogP contribution in [0.2, 0.25) is 0 Å². The molecule has 1 saturated heterocycles. The Morgan fingerprint density at radius 1 is 0.900 bits per heavy atom. The number of carboxylic acid groups (broad SMARTS) is 1. The van der Waals surface area contributed by atoms with Gasteiger partial charge >= 0.3 is 29.8 Å². The van der Waals surface area contributed by atoms with Crippen LogP contribution in [0.1, 0.15) is 27.2 Å². The predicted molar refractivity (Wildman–Crippen MR) is 98.1 cm³/mol. The first-order valence-electron chi connectivity index (χ1n) is 8.81. The van der Waals surface area contributed by atoms with Crippen LogP contribution in [0.5, 0.6) is 0 Å². The smallest absolute Gasteiger partial charge is 0.316 e. The fourth-order valence-electron chi connectivity index (χ4n) is 2.51. The summed E-state index contributed by atoms with van der Waals surface area (Å²) in [6.45, 7) is 2.83. The molecule has 0 saturated carbocycles. The molecule has 0 radical (unpaired) electrons. The maximum absolute atomic E-state index is 12.2. The number of hydrogen-bond acceptors (Lipinski definition) is 12. The molecule has 1 aliphatic heterocycles. The lowest BCUT2D eigenvalue weighted by molar-refractivity contribution is -0.296. The summed E-state index contributed by atoms with van der Waals surface area (Å²) in [5, 5.41) is 18.8. The molecule has 5 atom stereocenters. The van der Waals surface area contributed by atoms with E-state index in [1.54, 1.807) is 0 Å². The van der Waals surface area contributed by atoms with Crippen LogP contribution >= 0.6 is 11.8 Å². The molecule has 1 aliphatic rings. The zero-order valence-electron chi connectivity index (χ0n) is 16.6. The number of aliphatic hydroxyl groups excluding tert-OH is 1.